The number of carbonyl (C=O) groups is 1. The number of hydrogen-bond acceptors (Lipinski definition) is 5. The summed E-state index contributed by atoms with van der Waals surface area (Å²) < 4.78 is 29.9. The van der Waals surface area contributed by atoms with E-state index in [1.54, 1.807) is 36.4 Å². The second-order valence-electron chi connectivity index (χ2n) is 5.83. The summed E-state index contributed by atoms with van der Waals surface area (Å²) in [5.74, 6) is -0.422. The number of carbonyl (C=O) groups excluding carboxylic acids is 1. The van der Waals surface area contributed by atoms with Gasteiger partial charge < -0.3 is 4.74 Å². The number of nitriles is 1. The fourth-order valence-electron chi connectivity index (χ4n) is 2.76. The lowest BCUT2D eigenvalue weighted by molar-refractivity contribution is -0.123. The minimum absolute atomic E-state index is 0.106. The average molecular weight is 371 g/mol. The number of benzene rings is 2. The fourth-order valence-corrected chi connectivity index (χ4v) is 3.67. The van der Waals surface area contributed by atoms with Crippen LogP contribution >= 0.6 is 0 Å². The Labute approximate surface area is 151 Å². The van der Waals surface area contributed by atoms with Gasteiger partial charge >= 0.3 is 0 Å². The molecule has 0 aromatic heterocycles. The fraction of sp³-hybridized carbons (Fsp3) is 0.222. The molecule has 1 amide bonds. The van der Waals surface area contributed by atoms with Crippen LogP contribution in [0.4, 0.5) is 0 Å². The Morgan fingerprint density at radius 2 is 1.92 bits per heavy atom. The zero-order valence-corrected chi connectivity index (χ0v) is 14.7. The van der Waals surface area contributed by atoms with Crippen LogP contribution in [0, 0.1) is 11.3 Å². The number of rotatable bonds is 6. The van der Waals surface area contributed by atoms with E-state index in [0.717, 1.165) is 30.4 Å². The summed E-state index contributed by atoms with van der Waals surface area (Å²) >= 11 is 0. The van der Waals surface area contributed by atoms with Gasteiger partial charge in [-0.1, -0.05) is 18.2 Å². The zero-order chi connectivity index (χ0) is 18.6. The predicted molar refractivity (Wildman–Crippen MR) is 93.6 cm³/mol. The summed E-state index contributed by atoms with van der Waals surface area (Å²) in [5, 5.41) is 8.96. The first-order chi connectivity index (χ1) is 12.5. The van der Waals surface area contributed by atoms with Gasteiger partial charge in [0.25, 0.3) is 15.9 Å². The summed E-state index contributed by atoms with van der Waals surface area (Å²) in [6, 6.07) is 13.4. The number of hydrazine groups is 1. The highest BCUT2D eigenvalue weighted by Gasteiger charge is 2.19. The summed E-state index contributed by atoms with van der Waals surface area (Å²) in [5.41, 5.74) is 4.59. The Kier molecular flexibility index (Phi) is 5.21. The second-order valence-corrected chi connectivity index (χ2v) is 7.52. The van der Waals surface area contributed by atoms with Crippen LogP contribution in [0.2, 0.25) is 0 Å². The molecule has 2 N–H and O–H groups in total. The lowest BCUT2D eigenvalue weighted by Crippen LogP contribution is -2.43. The number of nitrogens with zero attached hydrogens (tertiary/aromatic N) is 1. The van der Waals surface area contributed by atoms with Gasteiger partial charge in [0, 0.05) is 0 Å². The highest BCUT2D eigenvalue weighted by molar-refractivity contribution is 7.89. The largest absolute Gasteiger partial charge is 0.482 e. The minimum atomic E-state index is -3.86. The maximum Gasteiger partial charge on any atom is 0.272 e. The van der Waals surface area contributed by atoms with E-state index in [9.17, 15) is 13.2 Å². The third-order valence-corrected chi connectivity index (χ3v) is 5.32. The van der Waals surface area contributed by atoms with Crippen LogP contribution in [-0.4, -0.2) is 20.9 Å². The molecule has 1 aliphatic rings. The number of nitrogens with one attached hydrogen (secondary N) is 2. The van der Waals surface area contributed by atoms with Gasteiger partial charge in [-0.05, 0) is 54.7 Å². The summed E-state index contributed by atoms with van der Waals surface area (Å²) in [6.07, 6.45) is 2.84. The summed E-state index contributed by atoms with van der Waals surface area (Å²) in [6.45, 7) is -0.425. The molecule has 26 heavy (non-hydrogen) atoms. The smallest absolute Gasteiger partial charge is 0.272 e. The normalized spacial score (nSPS) is 12.9. The van der Waals surface area contributed by atoms with E-state index < -0.39 is 22.5 Å². The molecule has 0 unspecified atom stereocenters. The molecule has 8 heteroatoms. The van der Waals surface area contributed by atoms with Crippen molar-refractivity contribution < 1.29 is 17.9 Å². The van der Waals surface area contributed by atoms with Crippen LogP contribution in [0.5, 0.6) is 5.75 Å². The van der Waals surface area contributed by atoms with Crippen molar-refractivity contribution >= 4 is 15.9 Å². The molecule has 0 heterocycles. The highest BCUT2D eigenvalue weighted by atomic mass is 32.2. The molecule has 0 bridgehead atoms. The van der Waals surface area contributed by atoms with Crippen molar-refractivity contribution in [1.82, 2.24) is 10.3 Å². The molecule has 0 spiro atoms. The maximum absolute atomic E-state index is 12.3. The average Bonchev–Trinajstić information content (AvgIpc) is 3.12. The Hall–Kier alpha value is -2.89. The minimum Gasteiger partial charge on any atom is -0.482 e. The van der Waals surface area contributed by atoms with E-state index in [4.69, 9.17) is 10.00 Å². The Morgan fingerprint density at radius 1 is 1.15 bits per heavy atom. The van der Waals surface area contributed by atoms with Crippen LogP contribution in [0.1, 0.15) is 23.1 Å². The number of ether oxygens (including phenoxy) is 1. The van der Waals surface area contributed by atoms with Gasteiger partial charge in [0.15, 0.2) is 6.61 Å². The first-order valence-electron chi connectivity index (χ1n) is 8.04. The number of para-hydroxylation sites is 1. The van der Waals surface area contributed by atoms with Crippen molar-refractivity contribution in [2.75, 3.05) is 6.61 Å². The van der Waals surface area contributed by atoms with Gasteiger partial charge in [0.2, 0.25) is 0 Å². The Balaban J connectivity index is 1.58. The first kappa shape index (κ1) is 17.9. The van der Waals surface area contributed by atoms with Crippen LogP contribution in [0.25, 0.3) is 0 Å². The summed E-state index contributed by atoms with van der Waals surface area (Å²) in [7, 11) is -3.86. The zero-order valence-electron chi connectivity index (χ0n) is 13.9. The molecule has 0 saturated heterocycles. The van der Waals surface area contributed by atoms with Gasteiger partial charge in [-0.25, -0.2) is 8.42 Å². The monoisotopic (exact) mass is 371 g/mol. The quantitative estimate of drug-likeness (QED) is 0.747. The molecular weight excluding hydrogens is 354 g/mol. The van der Waals surface area contributed by atoms with Gasteiger partial charge in [-0.2, -0.15) is 5.26 Å². The van der Waals surface area contributed by atoms with Gasteiger partial charge in [0.05, 0.1) is 10.5 Å². The number of sulfonamides is 1. The molecule has 0 aliphatic heterocycles. The molecule has 134 valence electrons. The van der Waals surface area contributed by atoms with Crippen molar-refractivity contribution in [1.29, 1.82) is 5.26 Å². The predicted octanol–water partition coefficient (Wildman–Crippen LogP) is 1.44. The standard InChI is InChI=1S/C18H17N3O4S/c19-11-15-4-1-2-7-17(15)25-12-18(22)20-21-26(23,24)16-9-8-13-5-3-6-14(13)10-16/h1-2,4,7-10,21H,3,5-6,12H2,(H,20,22). The van der Waals surface area contributed by atoms with E-state index in [2.05, 4.69) is 10.3 Å². The number of fused-ring (bicyclic) bond motifs is 1. The van der Waals surface area contributed by atoms with E-state index in [0.29, 0.717) is 5.56 Å². The van der Waals surface area contributed by atoms with Crippen molar-refractivity contribution in [2.45, 2.75) is 24.2 Å². The molecule has 1 aliphatic carbocycles. The molecule has 7 nitrogen and oxygen atoms in total. The number of hydrogen-bond donors (Lipinski definition) is 2. The molecule has 0 saturated carbocycles. The molecule has 3 rings (SSSR count). The number of aryl methyl sites for hydroxylation is 2. The van der Waals surface area contributed by atoms with Crippen LogP contribution in [-0.2, 0) is 27.7 Å². The van der Waals surface area contributed by atoms with Crippen molar-refractivity contribution in [3.63, 3.8) is 0 Å². The Bertz CT molecular complexity index is 980. The molecule has 0 fully saturated rings. The van der Waals surface area contributed by atoms with Crippen LogP contribution in [0.15, 0.2) is 47.4 Å². The SMILES string of the molecule is N#Cc1ccccc1OCC(=O)NNS(=O)(=O)c1ccc2c(c1)CCC2. The van der Waals surface area contributed by atoms with Crippen LogP contribution in [0.3, 0.4) is 0 Å². The van der Waals surface area contributed by atoms with Gasteiger partial charge in [0.1, 0.15) is 11.8 Å². The number of amides is 1. The van der Waals surface area contributed by atoms with E-state index in [1.165, 1.54) is 6.07 Å². The third kappa shape index (κ3) is 4.02. The molecule has 2 aromatic rings. The molecule has 0 radical (unpaired) electrons. The van der Waals surface area contributed by atoms with Crippen molar-refractivity contribution in [3.8, 4) is 11.8 Å². The third-order valence-electron chi connectivity index (χ3n) is 4.07. The van der Waals surface area contributed by atoms with Crippen molar-refractivity contribution in [2.24, 2.45) is 0 Å². The lowest BCUT2D eigenvalue weighted by Gasteiger charge is -2.11. The Morgan fingerprint density at radius 3 is 2.73 bits per heavy atom. The molecule has 0 atom stereocenters. The topological polar surface area (TPSA) is 108 Å². The van der Waals surface area contributed by atoms with Crippen LogP contribution < -0.4 is 15.0 Å². The van der Waals surface area contributed by atoms with E-state index in [-0.39, 0.29) is 10.6 Å². The molecular formula is C18H17N3O4S. The van der Waals surface area contributed by atoms with Crippen molar-refractivity contribution in [3.05, 3.63) is 59.2 Å². The van der Waals surface area contributed by atoms with E-state index in [1.807, 2.05) is 6.07 Å². The maximum atomic E-state index is 12.3. The first-order valence-corrected chi connectivity index (χ1v) is 9.52. The molecule has 2 aromatic carbocycles. The van der Waals surface area contributed by atoms with Gasteiger partial charge in [-0.3, -0.25) is 10.2 Å². The van der Waals surface area contributed by atoms with E-state index >= 15 is 0 Å². The van der Waals surface area contributed by atoms with Gasteiger partial charge in [-0.15, -0.1) is 4.83 Å². The lowest BCUT2D eigenvalue weighted by atomic mass is 10.1. The second kappa shape index (κ2) is 7.56. The highest BCUT2D eigenvalue weighted by Crippen LogP contribution is 2.24. The summed E-state index contributed by atoms with van der Waals surface area (Å²) in [4.78, 5) is 14.0.